The molecule has 2 rings (SSSR count). The van der Waals surface area contributed by atoms with E-state index in [0.29, 0.717) is 0 Å². The predicted octanol–water partition coefficient (Wildman–Crippen LogP) is 4.63. The van der Waals surface area contributed by atoms with Crippen molar-refractivity contribution in [3.63, 3.8) is 0 Å². The summed E-state index contributed by atoms with van der Waals surface area (Å²) < 4.78 is 2.34. The standard InChI is InChI=1S/C17H23ClN2/c1-5-20-12(2)10-15(14(20)4)11-19-13(3)16-8-6-7-9-17(16)18/h6-10,13,19H,5,11H2,1-4H3/t13-/m1/s1. The molecule has 108 valence electrons. The quantitative estimate of drug-likeness (QED) is 0.849. The van der Waals surface area contributed by atoms with Gasteiger partial charge in [0.15, 0.2) is 0 Å². The molecule has 0 amide bonds. The first-order valence-electron chi connectivity index (χ1n) is 7.18. The number of aromatic nitrogens is 1. The number of halogens is 1. The van der Waals surface area contributed by atoms with Gasteiger partial charge in [0, 0.05) is 35.5 Å². The summed E-state index contributed by atoms with van der Waals surface area (Å²) >= 11 is 6.24. The van der Waals surface area contributed by atoms with Gasteiger partial charge in [0.2, 0.25) is 0 Å². The lowest BCUT2D eigenvalue weighted by molar-refractivity contribution is 0.571. The highest BCUT2D eigenvalue weighted by Crippen LogP contribution is 2.23. The molecule has 1 aromatic heterocycles. The monoisotopic (exact) mass is 290 g/mol. The molecule has 0 radical (unpaired) electrons. The third-order valence-electron chi connectivity index (χ3n) is 3.97. The summed E-state index contributed by atoms with van der Waals surface area (Å²) in [7, 11) is 0. The van der Waals surface area contributed by atoms with Crippen molar-refractivity contribution in [3.05, 3.63) is 57.9 Å². The smallest absolute Gasteiger partial charge is 0.0453 e. The van der Waals surface area contributed by atoms with Gasteiger partial charge in [-0.2, -0.15) is 0 Å². The Morgan fingerprint density at radius 2 is 1.95 bits per heavy atom. The van der Waals surface area contributed by atoms with E-state index in [4.69, 9.17) is 11.6 Å². The second-order valence-corrected chi connectivity index (χ2v) is 5.67. The van der Waals surface area contributed by atoms with Gasteiger partial charge >= 0.3 is 0 Å². The largest absolute Gasteiger partial charge is 0.349 e. The minimum atomic E-state index is 0.244. The van der Waals surface area contributed by atoms with Crippen LogP contribution in [0.25, 0.3) is 0 Å². The van der Waals surface area contributed by atoms with Crippen LogP contribution in [-0.4, -0.2) is 4.57 Å². The van der Waals surface area contributed by atoms with Crippen LogP contribution in [-0.2, 0) is 13.1 Å². The van der Waals surface area contributed by atoms with Crippen molar-refractivity contribution in [2.75, 3.05) is 0 Å². The molecular formula is C17H23ClN2. The first kappa shape index (κ1) is 15.1. The Bertz CT molecular complexity index is 587. The number of nitrogens with one attached hydrogen (secondary N) is 1. The Kier molecular flexibility index (Phi) is 4.90. The van der Waals surface area contributed by atoms with Crippen LogP contribution in [0.3, 0.4) is 0 Å². The normalized spacial score (nSPS) is 12.7. The molecule has 1 atom stereocenters. The Labute approximate surface area is 126 Å². The Morgan fingerprint density at radius 1 is 1.25 bits per heavy atom. The average Bonchev–Trinajstić information content (AvgIpc) is 2.70. The number of aryl methyl sites for hydroxylation is 1. The van der Waals surface area contributed by atoms with E-state index in [2.05, 4.69) is 49.7 Å². The molecule has 0 spiro atoms. The van der Waals surface area contributed by atoms with Crippen molar-refractivity contribution in [2.45, 2.75) is 46.8 Å². The van der Waals surface area contributed by atoms with Crippen LogP contribution in [0.4, 0.5) is 0 Å². The van der Waals surface area contributed by atoms with Crippen molar-refractivity contribution in [3.8, 4) is 0 Å². The molecule has 0 bridgehead atoms. The van der Waals surface area contributed by atoms with Crippen molar-refractivity contribution >= 4 is 11.6 Å². The average molecular weight is 291 g/mol. The molecule has 0 fully saturated rings. The van der Waals surface area contributed by atoms with Gasteiger partial charge in [-0.05, 0) is 51.0 Å². The lowest BCUT2D eigenvalue weighted by Crippen LogP contribution is -2.18. The number of hydrogen-bond acceptors (Lipinski definition) is 1. The number of hydrogen-bond donors (Lipinski definition) is 1. The summed E-state index contributed by atoms with van der Waals surface area (Å²) in [5.41, 5.74) is 5.19. The molecule has 20 heavy (non-hydrogen) atoms. The SMILES string of the molecule is CCn1c(C)cc(CN[C@H](C)c2ccccc2Cl)c1C. The molecule has 2 aromatic rings. The molecule has 0 saturated carbocycles. The van der Waals surface area contributed by atoms with E-state index in [0.717, 1.165) is 23.7 Å². The Balaban J connectivity index is 2.08. The highest BCUT2D eigenvalue weighted by molar-refractivity contribution is 6.31. The van der Waals surface area contributed by atoms with Gasteiger partial charge in [0.1, 0.15) is 0 Å². The minimum Gasteiger partial charge on any atom is -0.349 e. The zero-order valence-corrected chi connectivity index (χ0v) is 13.5. The van der Waals surface area contributed by atoms with Crippen LogP contribution >= 0.6 is 11.6 Å². The zero-order chi connectivity index (χ0) is 14.7. The van der Waals surface area contributed by atoms with Gasteiger partial charge in [0.05, 0.1) is 0 Å². The van der Waals surface area contributed by atoms with Crippen LogP contribution in [0.15, 0.2) is 30.3 Å². The molecule has 0 aliphatic rings. The van der Waals surface area contributed by atoms with Crippen LogP contribution in [0, 0.1) is 13.8 Å². The van der Waals surface area contributed by atoms with E-state index in [1.165, 1.54) is 17.0 Å². The maximum atomic E-state index is 6.24. The predicted molar refractivity (Wildman–Crippen MR) is 86.3 cm³/mol. The molecule has 1 heterocycles. The molecular weight excluding hydrogens is 268 g/mol. The number of rotatable bonds is 5. The maximum absolute atomic E-state index is 6.24. The molecule has 2 nitrogen and oxygen atoms in total. The molecule has 3 heteroatoms. The number of benzene rings is 1. The first-order chi connectivity index (χ1) is 9.54. The summed E-state index contributed by atoms with van der Waals surface area (Å²) in [5.74, 6) is 0. The second kappa shape index (κ2) is 6.47. The molecule has 1 N–H and O–H groups in total. The van der Waals surface area contributed by atoms with E-state index in [-0.39, 0.29) is 6.04 Å². The zero-order valence-electron chi connectivity index (χ0n) is 12.7. The fourth-order valence-corrected chi connectivity index (χ4v) is 3.04. The Morgan fingerprint density at radius 3 is 2.55 bits per heavy atom. The summed E-state index contributed by atoms with van der Waals surface area (Å²) in [5, 5.41) is 4.39. The van der Waals surface area contributed by atoms with E-state index >= 15 is 0 Å². The van der Waals surface area contributed by atoms with Crippen molar-refractivity contribution in [2.24, 2.45) is 0 Å². The van der Waals surface area contributed by atoms with E-state index in [1.54, 1.807) is 0 Å². The van der Waals surface area contributed by atoms with E-state index in [1.807, 2.05) is 18.2 Å². The highest BCUT2D eigenvalue weighted by atomic mass is 35.5. The lowest BCUT2D eigenvalue weighted by atomic mass is 10.1. The van der Waals surface area contributed by atoms with Crippen LogP contribution in [0.2, 0.25) is 5.02 Å². The van der Waals surface area contributed by atoms with E-state index in [9.17, 15) is 0 Å². The summed E-state index contributed by atoms with van der Waals surface area (Å²) in [6, 6.07) is 10.5. The van der Waals surface area contributed by atoms with Crippen molar-refractivity contribution in [1.29, 1.82) is 0 Å². The number of nitrogens with zero attached hydrogens (tertiary/aromatic N) is 1. The third kappa shape index (κ3) is 3.08. The van der Waals surface area contributed by atoms with E-state index < -0.39 is 0 Å². The van der Waals surface area contributed by atoms with Gasteiger partial charge in [-0.15, -0.1) is 0 Å². The molecule has 1 aromatic carbocycles. The molecule has 0 unspecified atom stereocenters. The third-order valence-corrected chi connectivity index (χ3v) is 4.31. The topological polar surface area (TPSA) is 17.0 Å². The van der Waals surface area contributed by atoms with Gasteiger partial charge in [-0.25, -0.2) is 0 Å². The van der Waals surface area contributed by atoms with Crippen LogP contribution in [0.1, 0.15) is 42.4 Å². The van der Waals surface area contributed by atoms with Crippen LogP contribution < -0.4 is 5.32 Å². The van der Waals surface area contributed by atoms with Gasteiger partial charge in [-0.3, -0.25) is 0 Å². The Hall–Kier alpha value is -1.25. The fourth-order valence-electron chi connectivity index (χ4n) is 2.74. The molecule has 0 aliphatic carbocycles. The van der Waals surface area contributed by atoms with Gasteiger partial charge in [0.25, 0.3) is 0 Å². The minimum absolute atomic E-state index is 0.244. The summed E-state index contributed by atoms with van der Waals surface area (Å²) in [4.78, 5) is 0. The highest BCUT2D eigenvalue weighted by Gasteiger charge is 2.11. The summed E-state index contributed by atoms with van der Waals surface area (Å²) in [6.45, 7) is 10.6. The molecule has 0 aliphatic heterocycles. The first-order valence-corrected chi connectivity index (χ1v) is 7.55. The van der Waals surface area contributed by atoms with Crippen LogP contribution in [0.5, 0.6) is 0 Å². The van der Waals surface area contributed by atoms with Gasteiger partial charge < -0.3 is 9.88 Å². The second-order valence-electron chi connectivity index (χ2n) is 5.26. The molecule has 0 saturated heterocycles. The fraction of sp³-hybridized carbons (Fsp3) is 0.412. The summed E-state index contributed by atoms with van der Waals surface area (Å²) in [6.07, 6.45) is 0. The maximum Gasteiger partial charge on any atom is 0.0453 e. The van der Waals surface area contributed by atoms with Gasteiger partial charge in [-0.1, -0.05) is 29.8 Å². The van der Waals surface area contributed by atoms with Crippen molar-refractivity contribution < 1.29 is 0 Å². The lowest BCUT2D eigenvalue weighted by Gasteiger charge is -2.16. The van der Waals surface area contributed by atoms with Crippen molar-refractivity contribution in [1.82, 2.24) is 9.88 Å².